The number of hydrogen-bond donors (Lipinski definition) is 1. The summed E-state index contributed by atoms with van der Waals surface area (Å²) in [6.07, 6.45) is 2.78. The molecule has 0 aromatic rings. The van der Waals surface area contributed by atoms with E-state index in [0.717, 1.165) is 6.73 Å². The molecule has 3 heteroatoms. The lowest BCUT2D eigenvalue weighted by atomic mass is 10.4. The quantitative estimate of drug-likeness (QED) is 0.492. The van der Waals surface area contributed by atoms with Gasteiger partial charge in [0.25, 0.3) is 0 Å². The van der Waals surface area contributed by atoms with Crippen molar-refractivity contribution in [2.24, 2.45) is 0 Å². The summed E-state index contributed by atoms with van der Waals surface area (Å²) in [5.74, 6) is 0. The third-order valence-electron chi connectivity index (χ3n) is 1.66. The van der Waals surface area contributed by atoms with Gasteiger partial charge in [-0.05, 0) is 0 Å². The van der Waals surface area contributed by atoms with E-state index in [-0.39, 0.29) is 24.0 Å². The normalized spacial score (nSPS) is 19.7. The molecule has 0 aliphatic carbocycles. The second kappa shape index (κ2) is 5.44. The highest BCUT2D eigenvalue weighted by molar-refractivity contribution is 4.41. The van der Waals surface area contributed by atoms with Crippen LogP contribution in [0.15, 0.2) is 0 Å². The maximum Gasteiger partial charge on any atom is 0.181 e. The summed E-state index contributed by atoms with van der Waals surface area (Å²) in [6, 6.07) is 0. The van der Waals surface area contributed by atoms with Crippen LogP contribution in [-0.2, 0) is 4.74 Å². The monoisotopic (exact) mass is 243 g/mol. The van der Waals surface area contributed by atoms with Crippen molar-refractivity contribution in [1.29, 1.82) is 0 Å². The third-order valence-corrected chi connectivity index (χ3v) is 1.66. The van der Waals surface area contributed by atoms with E-state index in [1.54, 1.807) is 12.0 Å². The highest BCUT2D eigenvalue weighted by Crippen LogP contribution is 1.86. The number of quaternary nitrogens is 1. The van der Waals surface area contributed by atoms with Crippen LogP contribution in [0.1, 0.15) is 12.8 Å². The zero-order valence-electron chi connectivity index (χ0n) is 5.82. The molecule has 0 saturated carbocycles. The van der Waals surface area contributed by atoms with Crippen molar-refractivity contribution in [2.45, 2.75) is 12.8 Å². The fourth-order valence-corrected chi connectivity index (χ4v) is 1.22. The van der Waals surface area contributed by atoms with Gasteiger partial charge in [-0.25, -0.2) is 0 Å². The van der Waals surface area contributed by atoms with Gasteiger partial charge in [-0.2, -0.15) is 0 Å². The van der Waals surface area contributed by atoms with Gasteiger partial charge in [0.1, 0.15) is 0 Å². The van der Waals surface area contributed by atoms with E-state index in [9.17, 15) is 0 Å². The van der Waals surface area contributed by atoms with Gasteiger partial charge in [0.2, 0.25) is 0 Å². The molecule has 0 spiro atoms. The number of hydrogen-bond acceptors (Lipinski definition) is 1. The van der Waals surface area contributed by atoms with Gasteiger partial charge >= 0.3 is 0 Å². The summed E-state index contributed by atoms with van der Waals surface area (Å²) in [6.45, 7) is 3.53. The van der Waals surface area contributed by atoms with E-state index >= 15 is 0 Å². The maximum absolute atomic E-state index is 4.99. The SMILES string of the molecule is COC[NH+]1CCCC1.[I-]. The molecule has 0 unspecified atom stereocenters. The molecule has 0 aromatic carbocycles. The van der Waals surface area contributed by atoms with Gasteiger partial charge < -0.3 is 33.6 Å². The molecule has 1 aliphatic rings. The van der Waals surface area contributed by atoms with Gasteiger partial charge in [0.15, 0.2) is 6.73 Å². The third kappa shape index (κ3) is 3.37. The van der Waals surface area contributed by atoms with Crippen LogP contribution in [-0.4, -0.2) is 26.9 Å². The Labute approximate surface area is 73.6 Å². The summed E-state index contributed by atoms with van der Waals surface area (Å²) < 4.78 is 4.99. The summed E-state index contributed by atoms with van der Waals surface area (Å²) in [5, 5.41) is 0. The van der Waals surface area contributed by atoms with Crippen molar-refractivity contribution < 1.29 is 33.6 Å². The Bertz CT molecular complexity index is 64.1. The van der Waals surface area contributed by atoms with Crippen LogP contribution < -0.4 is 28.9 Å². The number of rotatable bonds is 2. The lowest BCUT2D eigenvalue weighted by Gasteiger charge is -2.08. The highest BCUT2D eigenvalue weighted by atomic mass is 127. The Kier molecular flexibility index (Phi) is 5.83. The number of halogens is 1. The van der Waals surface area contributed by atoms with Gasteiger partial charge in [-0.15, -0.1) is 0 Å². The van der Waals surface area contributed by atoms with E-state index in [2.05, 4.69) is 0 Å². The van der Waals surface area contributed by atoms with Crippen LogP contribution in [0.4, 0.5) is 0 Å². The fourth-order valence-electron chi connectivity index (χ4n) is 1.22. The average molecular weight is 243 g/mol. The molecule has 56 valence electrons. The molecule has 0 radical (unpaired) electrons. The second-order valence-electron chi connectivity index (χ2n) is 2.39. The molecule has 0 aromatic heterocycles. The van der Waals surface area contributed by atoms with E-state index in [0.29, 0.717) is 0 Å². The largest absolute Gasteiger partial charge is 1.00 e. The van der Waals surface area contributed by atoms with Gasteiger partial charge in [0, 0.05) is 20.0 Å². The van der Waals surface area contributed by atoms with Crippen LogP contribution in [0.2, 0.25) is 0 Å². The first kappa shape index (κ1) is 9.65. The molecule has 1 heterocycles. The van der Waals surface area contributed by atoms with Gasteiger partial charge in [-0.3, -0.25) is 0 Å². The maximum atomic E-state index is 4.99. The van der Waals surface area contributed by atoms with E-state index < -0.39 is 0 Å². The first-order chi connectivity index (χ1) is 3.93. The second-order valence-corrected chi connectivity index (χ2v) is 2.39. The van der Waals surface area contributed by atoms with Crippen molar-refractivity contribution >= 4 is 0 Å². The van der Waals surface area contributed by atoms with Crippen molar-refractivity contribution in [1.82, 2.24) is 0 Å². The van der Waals surface area contributed by atoms with Crippen LogP contribution in [0.3, 0.4) is 0 Å². The Morgan fingerprint density at radius 3 is 2.33 bits per heavy atom. The van der Waals surface area contributed by atoms with Crippen LogP contribution in [0.25, 0.3) is 0 Å². The molecule has 9 heavy (non-hydrogen) atoms. The Morgan fingerprint density at radius 1 is 1.33 bits per heavy atom. The summed E-state index contributed by atoms with van der Waals surface area (Å²) in [4.78, 5) is 1.60. The highest BCUT2D eigenvalue weighted by Gasteiger charge is 2.13. The van der Waals surface area contributed by atoms with Gasteiger partial charge in [-0.1, -0.05) is 0 Å². The minimum Gasteiger partial charge on any atom is -1.00 e. The Hall–Kier alpha value is 0.650. The van der Waals surface area contributed by atoms with Crippen LogP contribution in [0, 0.1) is 0 Å². The number of methoxy groups -OCH3 is 1. The molecular weight excluding hydrogens is 229 g/mol. The molecule has 0 atom stereocenters. The molecule has 1 rings (SSSR count). The van der Waals surface area contributed by atoms with Crippen molar-refractivity contribution in [3.8, 4) is 0 Å². The lowest BCUT2D eigenvalue weighted by molar-refractivity contribution is -0.907. The fraction of sp³-hybridized carbons (Fsp3) is 1.00. The molecule has 0 bridgehead atoms. The number of ether oxygens (including phenoxy) is 1. The zero-order chi connectivity index (χ0) is 5.82. The topological polar surface area (TPSA) is 13.7 Å². The van der Waals surface area contributed by atoms with Gasteiger partial charge in [0.05, 0.1) is 13.1 Å². The Morgan fingerprint density at radius 2 is 1.89 bits per heavy atom. The van der Waals surface area contributed by atoms with E-state index in [4.69, 9.17) is 4.74 Å². The predicted molar refractivity (Wildman–Crippen MR) is 31.8 cm³/mol. The summed E-state index contributed by atoms with van der Waals surface area (Å²) in [7, 11) is 1.77. The van der Waals surface area contributed by atoms with Crippen LogP contribution >= 0.6 is 0 Å². The molecule has 0 amide bonds. The van der Waals surface area contributed by atoms with Crippen molar-refractivity contribution in [3.05, 3.63) is 0 Å². The Balaban J connectivity index is 0.000000640. The van der Waals surface area contributed by atoms with Crippen LogP contribution in [0.5, 0.6) is 0 Å². The van der Waals surface area contributed by atoms with Crippen molar-refractivity contribution in [3.63, 3.8) is 0 Å². The molecule has 1 saturated heterocycles. The number of nitrogens with one attached hydrogen (secondary N) is 1. The molecule has 1 fully saturated rings. The van der Waals surface area contributed by atoms with E-state index in [1.807, 2.05) is 0 Å². The summed E-state index contributed by atoms with van der Waals surface area (Å²) in [5.41, 5.74) is 0. The molecule has 1 N–H and O–H groups in total. The zero-order valence-corrected chi connectivity index (χ0v) is 7.98. The smallest absolute Gasteiger partial charge is 0.181 e. The lowest BCUT2D eigenvalue weighted by Crippen LogP contribution is -3.10. The first-order valence-electron chi connectivity index (χ1n) is 3.26. The summed E-state index contributed by atoms with van der Waals surface area (Å²) >= 11 is 0. The predicted octanol–water partition coefficient (Wildman–Crippen LogP) is -3.73. The minimum absolute atomic E-state index is 0. The van der Waals surface area contributed by atoms with Crippen molar-refractivity contribution in [2.75, 3.05) is 26.9 Å². The molecular formula is C6H14INO. The van der Waals surface area contributed by atoms with E-state index in [1.165, 1.54) is 25.9 Å². The first-order valence-corrected chi connectivity index (χ1v) is 3.26. The number of likely N-dealkylation sites (tertiary alicyclic amines) is 1. The standard InChI is InChI=1S/C6H13NO.HI/c1-8-6-7-4-2-3-5-7;/h2-6H2,1H3;1H. The molecule has 1 aliphatic heterocycles. The molecule has 2 nitrogen and oxygen atoms in total. The minimum atomic E-state index is 0. The average Bonchev–Trinajstić information content (AvgIpc) is 2.19.